The maximum atomic E-state index is 14.9. The first-order valence-electron chi connectivity index (χ1n) is 11.3. The normalized spacial score (nSPS) is 20.5. The van der Waals surface area contributed by atoms with Crippen LogP contribution in [0.3, 0.4) is 0 Å². The van der Waals surface area contributed by atoms with Gasteiger partial charge in [-0.05, 0) is 71.7 Å². The summed E-state index contributed by atoms with van der Waals surface area (Å²) in [5.41, 5.74) is 5.51. The lowest BCUT2D eigenvalue weighted by Crippen LogP contribution is -2.37. The molecule has 1 aliphatic carbocycles. The zero-order valence-electron chi connectivity index (χ0n) is 18.1. The number of amides is 1. The van der Waals surface area contributed by atoms with Gasteiger partial charge in [-0.2, -0.15) is 5.10 Å². The van der Waals surface area contributed by atoms with E-state index in [2.05, 4.69) is 29.9 Å². The highest BCUT2D eigenvalue weighted by molar-refractivity contribution is 5.99. The van der Waals surface area contributed by atoms with Crippen LogP contribution in [0.1, 0.15) is 65.7 Å². The smallest absolute Gasteiger partial charge is 0.254 e. The van der Waals surface area contributed by atoms with Crippen LogP contribution in [0.4, 0.5) is 4.39 Å². The lowest BCUT2D eigenvalue weighted by atomic mass is 9.93. The Bertz CT molecular complexity index is 1120. The third-order valence-corrected chi connectivity index (χ3v) is 7.04. The monoisotopic (exact) mass is 417 g/mol. The van der Waals surface area contributed by atoms with Crippen molar-refractivity contribution >= 4 is 5.91 Å². The summed E-state index contributed by atoms with van der Waals surface area (Å²) in [6.45, 7) is 5.09. The molecule has 5 heteroatoms. The Morgan fingerprint density at radius 1 is 1.13 bits per heavy atom. The van der Waals surface area contributed by atoms with Crippen molar-refractivity contribution in [2.75, 3.05) is 0 Å². The van der Waals surface area contributed by atoms with E-state index >= 15 is 0 Å². The molecule has 0 spiro atoms. The molecule has 0 N–H and O–H groups in total. The topological polar surface area (TPSA) is 38.1 Å². The second kappa shape index (κ2) is 7.95. The van der Waals surface area contributed by atoms with Crippen LogP contribution in [-0.2, 0) is 19.4 Å². The average molecular weight is 418 g/mol. The van der Waals surface area contributed by atoms with Gasteiger partial charge < -0.3 is 4.90 Å². The summed E-state index contributed by atoms with van der Waals surface area (Å²) in [5.74, 6) is 0.459. The molecule has 4 nitrogen and oxygen atoms in total. The lowest BCUT2D eigenvalue weighted by Gasteiger charge is -2.27. The predicted octanol–water partition coefficient (Wildman–Crippen LogP) is 5.31. The first-order valence-corrected chi connectivity index (χ1v) is 11.3. The molecule has 31 heavy (non-hydrogen) atoms. The molecule has 0 radical (unpaired) electrons. The number of carbonyl (C=O) groups excluding carboxylic acids is 1. The van der Waals surface area contributed by atoms with Crippen LogP contribution in [0.2, 0.25) is 0 Å². The van der Waals surface area contributed by atoms with Crippen LogP contribution >= 0.6 is 0 Å². The minimum Gasteiger partial charge on any atom is -0.331 e. The fourth-order valence-corrected chi connectivity index (χ4v) is 5.28. The van der Waals surface area contributed by atoms with Crippen molar-refractivity contribution in [3.8, 4) is 5.69 Å². The summed E-state index contributed by atoms with van der Waals surface area (Å²) in [5, 5.41) is 4.17. The minimum absolute atomic E-state index is 0.146. The molecule has 160 valence electrons. The Balaban J connectivity index is 1.44. The van der Waals surface area contributed by atoms with E-state index in [9.17, 15) is 9.18 Å². The van der Waals surface area contributed by atoms with Crippen molar-refractivity contribution < 1.29 is 9.18 Å². The summed E-state index contributed by atoms with van der Waals surface area (Å²) in [7, 11) is 0. The summed E-state index contributed by atoms with van der Waals surface area (Å²) in [6.07, 6.45) is 8.32. The number of nitrogens with zero attached hydrogens (tertiary/aromatic N) is 3. The maximum absolute atomic E-state index is 14.9. The van der Waals surface area contributed by atoms with Gasteiger partial charge in [-0.15, -0.1) is 0 Å². The number of carbonyl (C=O) groups is 1. The Labute approximate surface area is 182 Å². The predicted molar refractivity (Wildman–Crippen MR) is 119 cm³/mol. The van der Waals surface area contributed by atoms with Crippen LogP contribution in [0.5, 0.6) is 0 Å². The fourth-order valence-electron chi connectivity index (χ4n) is 5.28. The van der Waals surface area contributed by atoms with Gasteiger partial charge in [0, 0.05) is 37.0 Å². The van der Waals surface area contributed by atoms with Crippen molar-refractivity contribution in [2.24, 2.45) is 5.92 Å². The number of aromatic nitrogens is 2. The Morgan fingerprint density at radius 3 is 2.68 bits per heavy atom. The van der Waals surface area contributed by atoms with E-state index in [0.717, 1.165) is 29.5 Å². The Kier molecular flexibility index (Phi) is 5.12. The number of aryl methyl sites for hydroxylation is 1. The second-order valence-corrected chi connectivity index (χ2v) is 8.94. The summed E-state index contributed by atoms with van der Waals surface area (Å²) in [6, 6.07) is 11.6. The molecule has 2 aromatic carbocycles. The largest absolute Gasteiger partial charge is 0.331 e. The van der Waals surface area contributed by atoms with Crippen molar-refractivity contribution in [2.45, 2.75) is 58.5 Å². The third kappa shape index (κ3) is 3.56. The molecule has 5 rings (SSSR count). The van der Waals surface area contributed by atoms with E-state index in [4.69, 9.17) is 0 Å². The van der Waals surface area contributed by atoms with Crippen LogP contribution in [-0.4, -0.2) is 26.6 Å². The zero-order valence-corrected chi connectivity index (χ0v) is 18.1. The van der Waals surface area contributed by atoms with Gasteiger partial charge in [0.15, 0.2) is 0 Å². The summed E-state index contributed by atoms with van der Waals surface area (Å²) >= 11 is 0. The van der Waals surface area contributed by atoms with Gasteiger partial charge in [0.2, 0.25) is 0 Å². The van der Waals surface area contributed by atoms with Gasteiger partial charge in [-0.1, -0.05) is 32.4 Å². The molecule has 2 atom stereocenters. The summed E-state index contributed by atoms with van der Waals surface area (Å²) in [4.78, 5) is 15.3. The molecule has 0 bridgehead atoms. The molecule has 0 saturated heterocycles. The molecule has 1 saturated carbocycles. The lowest BCUT2D eigenvalue weighted by molar-refractivity contribution is 0.0668. The molecule has 1 amide bonds. The quantitative estimate of drug-likeness (QED) is 0.564. The van der Waals surface area contributed by atoms with Crippen molar-refractivity contribution in [3.63, 3.8) is 0 Å². The van der Waals surface area contributed by atoms with Gasteiger partial charge >= 0.3 is 0 Å². The zero-order chi connectivity index (χ0) is 21.5. The summed E-state index contributed by atoms with van der Waals surface area (Å²) < 4.78 is 16.6. The third-order valence-electron chi connectivity index (χ3n) is 7.04. The standard InChI is InChI=1S/C26H28FN3O/c1-3-18-12-21-16-29(25-7-4-6-17(25)2)26(31)23(21)14-20(18)13-19-8-9-22(15-24(19)27)30-11-5-10-28-30/h5,8-12,14-15,17,25H,3-4,6-7,13,16H2,1-2H3/t17-,25-/m0/s1. The van der Waals surface area contributed by atoms with E-state index in [1.54, 1.807) is 17.1 Å². The molecule has 3 aromatic rings. The van der Waals surface area contributed by atoms with Gasteiger partial charge in [-0.3, -0.25) is 4.79 Å². The van der Waals surface area contributed by atoms with Crippen LogP contribution in [0, 0.1) is 11.7 Å². The molecule has 1 aromatic heterocycles. The van der Waals surface area contributed by atoms with Crippen molar-refractivity contribution in [1.29, 1.82) is 0 Å². The molecule has 1 aliphatic heterocycles. The van der Waals surface area contributed by atoms with Gasteiger partial charge in [0.1, 0.15) is 5.82 Å². The van der Waals surface area contributed by atoms with E-state index in [0.29, 0.717) is 36.2 Å². The fraction of sp³-hybridized carbons (Fsp3) is 0.385. The molecule has 0 unspecified atom stereocenters. The number of benzene rings is 2. The van der Waals surface area contributed by atoms with Crippen molar-refractivity contribution in [1.82, 2.24) is 14.7 Å². The van der Waals surface area contributed by atoms with Gasteiger partial charge in [0.25, 0.3) is 5.91 Å². The number of hydrogen-bond donors (Lipinski definition) is 0. The number of hydrogen-bond acceptors (Lipinski definition) is 2. The van der Waals surface area contributed by atoms with Gasteiger partial charge in [0.05, 0.1) is 5.69 Å². The Morgan fingerprint density at radius 2 is 2.00 bits per heavy atom. The molecule has 2 heterocycles. The highest BCUT2D eigenvalue weighted by atomic mass is 19.1. The van der Waals surface area contributed by atoms with Crippen LogP contribution < -0.4 is 0 Å². The first kappa shape index (κ1) is 20.0. The maximum Gasteiger partial charge on any atom is 0.254 e. The van der Waals surface area contributed by atoms with Crippen LogP contribution in [0.15, 0.2) is 48.8 Å². The second-order valence-electron chi connectivity index (χ2n) is 8.94. The Hall–Kier alpha value is -2.95. The number of rotatable bonds is 5. The highest BCUT2D eigenvalue weighted by Crippen LogP contribution is 2.36. The van der Waals surface area contributed by atoms with Gasteiger partial charge in [-0.25, -0.2) is 9.07 Å². The van der Waals surface area contributed by atoms with E-state index in [-0.39, 0.29) is 11.7 Å². The molecule has 1 fully saturated rings. The SMILES string of the molecule is CCc1cc2c(cc1Cc1ccc(-n3cccn3)cc1F)C(=O)N([C@H]1CCC[C@@H]1C)C2. The molecular weight excluding hydrogens is 389 g/mol. The average Bonchev–Trinajstić information content (AvgIpc) is 3.50. The van der Waals surface area contributed by atoms with E-state index in [1.807, 2.05) is 24.3 Å². The minimum atomic E-state index is -0.247. The van der Waals surface area contributed by atoms with Crippen molar-refractivity contribution in [3.05, 3.63) is 82.4 Å². The molecule has 2 aliphatic rings. The van der Waals surface area contributed by atoms with E-state index < -0.39 is 0 Å². The van der Waals surface area contributed by atoms with E-state index in [1.165, 1.54) is 24.5 Å². The number of halogens is 1. The first-order chi connectivity index (χ1) is 15.0. The highest BCUT2D eigenvalue weighted by Gasteiger charge is 2.37. The molecular formula is C26H28FN3O. The van der Waals surface area contributed by atoms with Crippen LogP contribution in [0.25, 0.3) is 5.69 Å². The number of fused-ring (bicyclic) bond motifs is 1.